The number of hydrogen-bond donors (Lipinski definition) is 10. The van der Waals surface area contributed by atoms with Crippen molar-refractivity contribution in [1.82, 2.24) is 37.8 Å². The topological polar surface area (TPSA) is 266 Å². The zero-order valence-corrected chi connectivity index (χ0v) is 74.2. The molecule has 0 fully saturated rings. The third kappa shape index (κ3) is 16.7. The maximum Gasteiger partial charge on any atom is 0.490 e. The van der Waals surface area contributed by atoms with Crippen LogP contribution in [0.3, 0.4) is 0 Å². The van der Waals surface area contributed by atoms with E-state index in [0.29, 0.717) is 50.4 Å². The van der Waals surface area contributed by atoms with E-state index in [1.54, 1.807) is 30.3 Å². The van der Waals surface area contributed by atoms with Crippen molar-refractivity contribution in [3.63, 3.8) is 0 Å². The van der Waals surface area contributed by atoms with Gasteiger partial charge in [0.2, 0.25) is 5.95 Å². The summed E-state index contributed by atoms with van der Waals surface area (Å²) in [7, 11) is -7.74. The van der Waals surface area contributed by atoms with Gasteiger partial charge >= 0.3 is 35.6 Å². The Hall–Kier alpha value is -16.6. The van der Waals surface area contributed by atoms with E-state index in [1.165, 1.54) is 10.9 Å². The third-order valence-electron chi connectivity index (χ3n) is 25.4. The molecule has 10 N–H and O–H groups in total. The molecule has 25 rings (SSSR count). The molecule has 0 bridgehead atoms. The second-order valence-corrected chi connectivity index (χ2v) is 33.6. The second kappa shape index (κ2) is 38.4. The number of rotatable bonds is 14. The first-order valence-corrected chi connectivity index (χ1v) is 45.3. The first kappa shape index (κ1) is 88.0. The Balaban J connectivity index is 0.000000103. The van der Waals surface area contributed by atoms with Crippen molar-refractivity contribution in [2.45, 2.75) is 0 Å². The van der Waals surface area contributed by atoms with Gasteiger partial charge in [0.1, 0.15) is 0 Å². The molecule has 0 amide bonds. The maximum atomic E-state index is 10.2. The highest BCUT2D eigenvalue weighted by atomic mass is 16.4. The van der Waals surface area contributed by atoms with E-state index in [-0.39, 0.29) is 0 Å². The van der Waals surface area contributed by atoms with Gasteiger partial charge in [-0.3, -0.25) is 4.57 Å². The molecular formula is C115H85B5N8O10. The van der Waals surface area contributed by atoms with Crippen LogP contribution in [0.4, 0.5) is 0 Å². The van der Waals surface area contributed by atoms with Crippen molar-refractivity contribution in [2.24, 2.45) is 0 Å². The van der Waals surface area contributed by atoms with Gasteiger partial charge in [-0.1, -0.05) is 376 Å². The van der Waals surface area contributed by atoms with Crippen LogP contribution in [0.1, 0.15) is 0 Å². The van der Waals surface area contributed by atoms with E-state index in [9.17, 15) is 50.2 Å². The molecule has 19 aromatic carbocycles. The van der Waals surface area contributed by atoms with Crippen molar-refractivity contribution in [2.75, 3.05) is 0 Å². The summed E-state index contributed by atoms with van der Waals surface area (Å²) in [5, 5.41) is 112. The summed E-state index contributed by atoms with van der Waals surface area (Å²) in [5.41, 5.74) is 21.7. The molecule has 18 nitrogen and oxygen atoms in total. The molecule has 0 aliphatic heterocycles. The Morgan fingerprint density at radius 2 is 0.399 bits per heavy atom. The van der Waals surface area contributed by atoms with Crippen molar-refractivity contribution in [3.05, 3.63) is 455 Å². The van der Waals surface area contributed by atoms with Gasteiger partial charge in [0.25, 0.3) is 0 Å². The summed E-state index contributed by atoms with van der Waals surface area (Å²) in [4.78, 5) is 14.5. The summed E-state index contributed by atoms with van der Waals surface area (Å²) in [5.74, 6) is 1.49. The first-order chi connectivity index (χ1) is 67.7. The molecular weight excluding hydrogens is 1710 g/mol. The van der Waals surface area contributed by atoms with E-state index in [1.807, 2.05) is 284 Å². The number of aromatic nitrogens is 8. The van der Waals surface area contributed by atoms with E-state index in [4.69, 9.17) is 15.0 Å². The van der Waals surface area contributed by atoms with Gasteiger partial charge < -0.3 is 68.5 Å². The van der Waals surface area contributed by atoms with Crippen LogP contribution >= 0.6 is 0 Å². The Kier molecular flexibility index (Phi) is 24.5. The SMILES string of the molecule is OB(O)c1cccc2c3ccccc3n(-c3ccc(-c4ccccc4)cc3)c12.OB(O)c1cccc2c3ccccc3n(-c3ccc4ccccc4c3)c12.OB(O)c1cccc2c3ccccc3n(-c3cccc(-c4ccccc4)c3)c12.OB(O)c1cccc2c3ccccc3n(-c3ccccc3)c12.OB(O)c1cccc2c3ccccc3n(-c3nc(-c4ccccc4)nc(-c4ccccc4)n3)c12. The normalized spacial score (nSPS) is 11.3. The molecule has 6 heterocycles. The molecule has 0 unspecified atom stereocenters. The zero-order chi connectivity index (χ0) is 94.0. The predicted octanol–water partition coefficient (Wildman–Crippen LogP) is 18.3. The Labute approximate surface area is 794 Å². The van der Waals surface area contributed by atoms with Crippen LogP contribution in [0.2, 0.25) is 0 Å². The lowest BCUT2D eigenvalue weighted by Crippen LogP contribution is -2.31. The van der Waals surface area contributed by atoms with Gasteiger partial charge in [-0.25, -0.2) is 4.98 Å². The molecule has 25 aromatic rings. The van der Waals surface area contributed by atoms with Crippen LogP contribution in [0.15, 0.2) is 455 Å². The van der Waals surface area contributed by atoms with Crippen molar-refractivity contribution in [3.8, 4) is 73.7 Å². The molecule has 23 heteroatoms. The molecule has 0 radical (unpaired) electrons. The highest BCUT2D eigenvalue weighted by Gasteiger charge is 2.29. The zero-order valence-electron chi connectivity index (χ0n) is 74.2. The fourth-order valence-electron chi connectivity index (χ4n) is 19.2. The fraction of sp³-hybridized carbons (Fsp3) is 0. The standard InChI is InChI=1S/C27H19BN4O2.2C24H18BNO2.C22H16BNO2.C18H14BNO2/c33-28(34)22-16-9-15-21-20-14-7-8-17-23(20)32(24(21)22)27-30-25(18-10-3-1-4-11-18)29-26(31-27)19-12-5-2-6-13-19;27-25(28)22-14-7-13-21-20-12-4-5-15-23(20)26(24(21)22)19-11-6-10-18(16-19)17-8-2-1-3-9-17;27-25(28)22-11-6-10-21-20-9-4-5-12-23(20)26(24(21)22)19-15-13-18(14-16-19)17-7-2-1-3-8-17;25-23(26)20-10-5-9-19-18-8-3-4-11-21(18)24(22(19)20)17-13-12-15-6-1-2-7-16(15)14-17;21-19(22)16-11-6-10-15-14-9-4-5-12-17(14)20(18(15)16)13-7-2-1-3-8-13/h1-17,33-34H;2*1-16,27-28H;1-14,25-26H;1-12,21-22H. The van der Waals surface area contributed by atoms with Crippen LogP contribution in [0.25, 0.3) is 194 Å². The molecule has 660 valence electrons. The average Bonchev–Trinajstić information content (AvgIpc) is 1.51. The van der Waals surface area contributed by atoms with Gasteiger partial charge in [0.05, 0.1) is 55.2 Å². The number of para-hydroxylation sites is 11. The van der Waals surface area contributed by atoms with Gasteiger partial charge in [-0.2, -0.15) is 9.97 Å². The lowest BCUT2D eigenvalue weighted by Gasteiger charge is -2.12. The lowest BCUT2D eigenvalue weighted by molar-refractivity contribution is 0.425. The van der Waals surface area contributed by atoms with Gasteiger partial charge in [0.15, 0.2) is 11.6 Å². The van der Waals surface area contributed by atoms with Crippen LogP contribution in [0, 0.1) is 0 Å². The van der Waals surface area contributed by atoms with Crippen molar-refractivity contribution < 1.29 is 50.2 Å². The highest BCUT2D eigenvalue weighted by Crippen LogP contribution is 2.40. The van der Waals surface area contributed by atoms with Gasteiger partial charge in [0, 0.05) is 115 Å². The summed E-state index contributed by atoms with van der Waals surface area (Å²) in [6, 6.07) is 150. The minimum absolute atomic E-state index is 0.386. The Bertz CT molecular complexity index is 8730. The van der Waals surface area contributed by atoms with E-state index < -0.39 is 35.6 Å². The monoisotopic (exact) mass is 1790 g/mol. The van der Waals surface area contributed by atoms with E-state index >= 15 is 0 Å². The van der Waals surface area contributed by atoms with Gasteiger partial charge in [-0.15, -0.1) is 0 Å². The number of hydrogen-bond acceptors (Lipinski definition) is 13. The average molecular weight is 1790 g/mol. The first-order valence-electron chi connectivity index (χ1n) is 45.3. The summed E-state index contributed by atoms with van der Waals surface area (Å²) >= 11 is 0. The number of fused-ring (bicyclic) bond motifs is 16. The molecule has 0 saturated carbocycles. The minimum atomic E-state index is -1.64. The fourth-order valence-corrected chi connectivity index (χ4v) is 19.2. The third-order valence-corrected chi connectivity index (χ3v) is 25.4. The quantitative estimate of drug-likeness (QED) is 0.0455. The molecule has 6 aromatic heterocycles. The molecule has 0 atom stereocenters. The summed E-state index contributed by atoms with van der Waals surface area (Å²) in [6.45, 7) is 0. The molecule has 0 spiro atoms. The summed E-state index contributed by atoms with van der Waals surface area (Å²) in [6.07, 6.45) is 0. The molecule has 0 saturated heterocycles. The van der Waals surface area contributed by atoms with Crippen molar-refractivity contribution >= 4 is 183 Å². The largest absolute Gasteiger partial charge is 0.490 e. The minimum Gasteiger partial charge on any atom is -0.423 e. The molecule has 138 heavy (non-hydrogen) atoms. The van der Waals surface area contributed by atoms with Crippen LogP contribution in [-0.2, 0) is 0 Å². The van der Waals surface area contributed by atoms with Crippen LogP contribution in [-0.4, -0.2) is 124 Å². The maximum absolute atomic E-state index is 10.2. The number of benzene rings is 19. The Morgan fingerprint density at radius 3 is 0.761 bits per heavy atom. The van der Waals surface area contributed by atoms with Crippen molar-refractivity contribution in [1.29, 1.82) is 0 Å². The van der Waals surface area contributed by atoms with Gasteiger partial charge in [-0.05, 0) is 112 Å². The van der Waals surface area contributed by atoms with E-state index in [2.05, 4.69) is 164 Å². The highest BCUT2D eigenvalue weighted by molar-refractivity contribution is 6.64. The predicted molar refractivity (Wildman–Crippen MR) is 566 cm³/mol. The summed E-state index contributed by atoms with van der Waals surface area (Å²) < 4.78 is 10.3. The van der Waals surface area contributed by atoms with E-state index in [0.717, 1.165) is 159 Å². The second-order valence-electron chi connectivity index (χ2n) is 33.6. The smallest absolute Gasteiger partial charge is 0.423 e. The molecule has 0 aliphatic carbocycles. The van der Waals surface area contributed by atoms with Crippen LogP contribution in [0.5, 0.6) is 0 Å². The van der Waals surface area contributed by atoms with Crippen LogP contribution < -0.4 is 27.3 Å². The molecule has 0 aliphatic rings. The number of nitrogens with zero attached hydrogens (tertiary/aromatic N) is 8. The lowest BCUT2D eigenvalue weighted by atomic mass is 9.79. The Morgan fingerprint density at radius 1 is 0.159 bits per heavy atom.